The minimum Gasteiger partial charge on any atom is -0.359 e. The van der Waals surface area contributed by atoms with Crippen LogP contribution in [0.5, 0.6) is 0 Å². The van der Waals surface area contributed by atoms with Gasteiger partial charge in [0.1, 0.15) is 5.82 Å². The van der Waals surface area contributed by atoms with Crippen LogP contribution in [0.1, 0.15) is 25.2 Å². The molecule has 1 aromatic heterocycles. The summed E-state index contributed by atoms with van der Waals surface area (Å²) >= 11 is 5.90. The molecule has 1 aromatic carbocycles. The van der Waals surface area contributed by atoms with Gasteiger partial charge in [-0.15, -0.1) is 11.6 Å². The van der Waals surface area contributed by atoms with Crippen molar-refractivity contribution in [2.75, 3.05) is 12.9 Å². The first-order valence-electron chi connectivity index (χ1n) is 7.13. The lowest BCUT2D eigenvalue weighted by Crippen LogP contribution is -2.38. The Morgan fingerprint density at radius 2 is 2.14 bits per heavy atom. The van der Waals surface area contributed by atoms with Gasteiger partial charge in [-0.25, -0.2) is 4.98 Å². The van der Waals surface area contributed by atoms with E-state index >= 15 is 0 Å². The van der Waals surface area contributed by atoms with Crippen LogP contribution in [0.4, 0.5) is 0 Å². The molecule has 21 heavy (non-hydrogen) atoms. The first-order valence-corrected chi connectivity index (χ1v) is 7.66. The summed E-state index contributed by atoms with van der Waals surface area (Å²) in [6.45, 7) is 6.51. The van der Waals surface area contributed by atoms with Gasteiger partial charge in [0.2, 0.25) is 5.91 Å². The van der Waals surface area contributed by atoms with Gasteiger partial charge in [-0.05, 0) is 38.5 Å². The highest BCUT2D eigenvalue weighted by atomic mass is 35.5. The van der Waals surface area contributed by atoms with Crippen molar-refractivity contribution in [1.29, 1.82) is 0 Å². The summed E-state index contributed by atoms with van der Waals surface area (Å²) in [7, 11) is 1.67. The maximum atomic E-state index is 12.0. The smallest absolute Gasteiger partial charge is 0.227 e. The monoisotopic (exact) mass is 307 g/mol. The maximum Gasteiger partial charge on any atom is 0.227 e. The molecule has 2 aromatic rings. The Bertz CT molecular complexity index is 661. The van der Waals surface area contributed by atoms with E-state index in [-0.39, 0.29) is 5.91 Å². The van der Waals surface area contributed by atoms with E-state index in [1.807, 2.05) is 20.8 Å². The fraction of sp³-hybridized carbons (Fsp3) is 0.500. The Morgan fingerprint density at radius 3 is 2.76 bits per heavy atom. The molecule has 0 saturated carbocycles. The average Bonchev–Trinajstić information content (AvgIpc) is 2.74. The van der Waals surface area contributed by atoms with Crippen molar-refractivity contribution in [3.05, 3.63) is 29.6 Å². The second-order valence-electron chi connectivity index (χ2n) is 6.01. The Balaban J connectivity index is 2.50. The van der Waals surface area contributed by atoms with Crippen molar-refractivity contribution < 1.29 is 4.79 Å². The van der Waals surface area contributed by atoms with Gasteiger partial charge >= 0.3 is 0 Å². The van der Waals surface area contributed by atoms with Crippen molar-refractivity contribution in [3.63, 3.8) is 0 Å². The number of carbonyl (C=O) groups is 1. The Hall–Kier alpha value is -1.55. The molecular formula is C16H22ClN3O. The third kappa shape index (κ3) is 3.21. The number of hydrogen-bond acceptors (Lipinski definition) is 2. The summed E-state index contributed by atoms with van der Waals surface area (Å²) < 4.78 is 2.12. The van der Waals surface area contributed by atoms with Crippen molar-refractivity contribution in [2.24, 2.45) is 5.41 Å². The number of amides is 1. The van der Waals surface area contributed by atoms with Gasteiger partial charge in [-0.1, -0.05) is 6.07 Å². The van der Waals surface area contributed by atoms with Crippen molar-refractivity contribution >= 4 is 28.5 Å². The summed E-state index contributed by atoms with van der Waals surface area (Å²) in [4.78, 5) is 16.7. The highest BCUT2D eigenvalue weighted by Crippen LogP contribution is 2.25. The molecule has 4 nitrogen and oxygen atoms in total. The molecule has 0 bridgehead atoms. The quantitative estimate of drug-likeness (QED) is 0.863. The molecule has 0 saturated heterocycles. The van der Waals surface area contributed by atoms with Crippen LogP contribution in [0.3, 0.4) is 0 Å². The molecule has 0 spiro atoms. The first-order chi connectivity index (χ1) is 9.89. The van der Waals surface area contributed by atoms with Crippen LogP contribution in [0.15, 0.2) is 18.2 Å². The zero-order valence-electron chi connectivity index (χ0n) is 13.0. The number of fused-ring (bicyclic) bond motifs is 1. The lowest BCUT2D eigenvalue weighted by atomic mass is 9.92. The minimum absolute atomic E-state index is 0.0216. The van der Waals surface area contributed by atoms with Gasteiger partial charge in [0, 0.05) is 25.9 Å². The molecule has 0 aliphatic carbocycles. The van der Waals surface area contributed by atoms with Crippen LogP contribution in [0, 0.1) is 12.3 Å². The number of aryl methyl sites for hydroxylation is 2. The standard InChI is InChI=1S/C16H22ClN3O/c1-11-5-6-13-12(9-11)19-14(7-8-17)20(13)10-16(2,3)15(21)18-4/h5-6,9H,7-8,10H2,1-4H3,(H,18,21). The summed E-state index contributed by atoms with van der Waals surface area (Å²) in [5, 5.41) is 2.73. The average molecular weight is 308 g/mol. The Morgan fingerprint density at radius 1 is 1.43 bits per heavy atom. The van der Waals surface area contributed by atoms with Gasteiger partial charge in [0.05, 0.1) is 16.4 Å². The van der Waals surface area contributed by atoms with Crippen molar-refractivity contribution in [2.45, 2.75) is 33.7 Å². The molecule has 0 radical (unpaired) electrons. The van der Waals surface area contributed by atoms with Crippen LogP contribution < -0.4 is 5.32 Å². The predicted octanol–water partition coefficient (Wildman–Crippen LogP) is 2.90. The number of nitrogens with zero attached hydrogens (tertiary/aromatic N) is 2. The molecule has 114 valence electrons. The zero-order valence-corrected chi connectivity index (χ0v) is 13.8. The molecule has 1 amide bonds. The Labute approximate surface area is 130 Å². The number of carbonyl (C=O) groups excluding carboxylic acids is 1. The summed E-state index contributed by atoms with van der Waals surface area (Å²) in [5.41, 5.74) is 2.68. The number of alkyl halides is 1. The summed E-state index contributed by atoms with van der Waals surface area (Å²) in [6, 6.07) is 6.20. The topological polar surface area (TPSA) is 46.9 Å². The molecule has 1 N–H and O–H groups in total. The number of halogens is 1. The molecular weight excluding hydrogens is 286 g/mol. The van der Waals surface area contributed by atoms with E-state index in [1.54, 1.807) is 7.05 Å². The largest absolute Gasteiger partial charge is 0.359 e. The second kappa shape index (κ2) is 6.06. The Kier molecular flexibility index (Phi) is 4.57. The number of aromatic nitrogens is 2. The normalized spacial score (nSPS) is 11.9. The van der Waals surface area contributed by atoms with Gasteiger partial charge in [-0.2, -0.15) is 0 Å². The number of nitrogens with one attached hydrogen (secondary N) is 1. The third-order valence-electron chi connectivity index (χ3n) is 3.70. The van der Waals surface area contributed by atoms with Crippen LogP contribution in [0.25, 0.3) is 11.0 Å². The molecule has 0 aliphatic heterocycles. The molecule has 2 rings (SSSR count). The fourth-order valence-corrected chi connectivity index (χ4v) is 2.72. The number of rotatable bonds is 5. The van der Waals surface area contributed by atoms with Crippen molar-refractivity contribution in [1.82, 2.24) is 14.9 Å². The summed E-state index contributed by atoms with van der Waals surface area (Å²) in [5.74, 6) is 1.47. The van der Waals surface area contributed by atoms with E-state index in [9.17, 15) is 4.79 Å². The molecule has 0 aliphatic rings. The van der Waals surface area contributed by atoms with Gasteiger partial charge in [0.15, 0.2) is 0 Å². The SMILES string of the molecule is CNC(=O)C(C)(C)Cn1c(CCCl)nc2cc(C)ccc21. The fourth-order valence-electron chi connectivity index (χ4n) is 2.55. The van der Waals surface area contributed by atoms with Gasteiger partial charge < -0.3 is 9.88 Å². The lowest BCUT2D eigenvalue weighted by Gasteiger charge is -2.24. The van der Waals surface area contributed by atoms with Crippen LogP contribution >= 0.6 is 11.6 Å². The van der Waals surface area contributed by atoms with E-state index in [2.05, 4.69) is 33.1 Å². The highest BCUT2D eigenvalue weighted by molar-refractivity contribution is 6.17. The molecule has 0 fully saturated rings. The van der Waals surface area contributed by atoms with E-state index in [1.165, 1.54) is 5.56 Å². The van der Waals surface area contributed by atoms with E-state index in [0.29, 0.717) is 18.8 Å². The van der Waals surface area contributed by atoms with E-state index < -0.39 is 5.41 Å². The van der Waals surface area contributed by atoms with Gasteiger partial charge in [-0.3, -0.25) is 4.79 Å². The summed E-state index contributed by atoms with van der Waals surface area (Å²) in [6.07, 6.45) is 0.694. The molecule has 0 unspecified atom stereocenters. The minimum atomic E-state index is -0.506. The highest BCUT2D eigenvalue weighted by Gasteiger charge is 2.28. The molecule has 5 heteroatoms. The van der Waals surface area contributed by atoms with Crippen LogP contribution in [0.2, 0.25) is 0 Å². The number of benzene rings is 1. The van der Waals surface area contributed by atoms with Crippen LogP contribution in [-0.4, -0.2) is 28.4 Å². The third-order valence-corrected chi connectivity index (χ3v) is 3.89. The number of imidazole rings is 1. The molecule has 0 atom stereocenters. The van der Waals surface area contributed by atoms with Gasteiger partial charge in [0.25, 0.3) is 0 Å². The number of hydrogen-bond donors (Lipinski definition) is 1. The second-order valence-corrected chi connectivity index (χ2v) is 6.39. The first kappa shape index (κ1) is 15.8. The molecule has 1 heterocycles. The van der Waals surface area contributed by atoms with Crippen molar-refractivity contribution in [3.8, 4) is 0 Å². The zero-order chi connectivity index (χ0) is 15.6. The lowest BCUT2D eigenvalue weighted by molar-refractivity contribution is -0.129. The van der Waals surface area contributed by atoms with E-state index in [4.69, 9.17) is 11.6 Å². The van der Waals surface area contributed by atoms with E-state index in [0.717, 1.165) is 16.9 Å². The maximum absolute atomic E-state index is 12.0. The predicted molar refractivity (Wildman–Crippen MR) is 86.7 cm³/mol. The van der Waals surface area contributed by atoms with Crippen LogP contribution in [-0.2, 0) is 17.8 Å².